The second kappa shape index (κ2) is 5.91. The van der Waals surface area contributed by atoms with E-state index in [4.69, 9.17) is 11.6 Å². The molecule has 2 heterocycles. The summed E-state index contributed by atoms with van der Waals surface area (Å²) in [6.45, 7) is 4.20. The van der Waals surface area contributed by atoms with Crippen LogP contribution in [0.2, 0.25) is 5.15 Å². The van der Waals surface area contributed by atoms with Crippen molar-refractivity contribution in [1.29, 1.82) is 0 Å². The molecule has 0 bridgehead atoms. The van der Waals surface area contributed by atoms with Gasteiger partial charge in [0.15, 0.2) is 0 Å². The van der Waals surface area contributed by atoms with Gasteiger partial charge in [-0.15, -0.1) is 0 Å². The fraction of sp³-hybridized carbons (Fsp3) is 0.429. The maximum atomic E-state index is 10.5. The quantitative estimate of drug-likeness (QED) is 0.828. The normalized spacial score (nSPS) is 15.8. The highest BCUT2D eigenvalue weighted by Crippen LogP contribution is 2.20. The standard InChI is InChI=1S/C14H19ClN4O/c1-10(11-4-5-13(15)16-6-11)17-9-14(2,20)12-7-18-19(3)8-12/h4-8,10,17,20H,9H2,1-3H3/t10-,14+/m0/s1. The second-order valence-electron chi connectivity index (χ2n) is 5.19. The smallest absolute Gasteiger partial charge is 0.129 e. The Morgan fingerprint density at radius 1 is 1.45 bits per heavy atom. The zero-order valence-electron chi connectivity index (χ0n) is 11.8. The summed E-state index contributed by atoms with van der Waals surface area (Å²) in [5.41, 5.74) is 0.841. The number of hydrogen-bond acceptors (Lipinski definition) is 4. The Balaban J connectivity index is 1.98. The van der Waals surface area contributed by atoms with Crippen LogP contribution in [0.1, 0.15) is 31.0 Å². The lowest BCUT2D eigenvalue weighted by Gasteiger charge is -2.25. The Hall–Kier alpha value is -1.43. The van der Waals surface area contributed by atoms with Crippen LogP contribution in [0.15, 0.2) is 30.7 Å². The fourth-order valence-corrected chi connectivity index (χ4v) is 2.03. The largest absolute Gasteiger partial charge is 0.384 e. The van der Waals surface area contributed by atoms with E-state index in [1.165, 1.54) is 0 Å². The monoisotopic (exact) mass is 294 g/mol. The first-order valence-electron chi connectivity index (χ1n) is 6.45. The van der Waals surface area contributed by atoms with Crippen LogP contribution in [0.5, 0.6) is 0 Å². The van der Waals surface area contributed by atoms with E-state index < -0.39 is 5.60 Å². The maximum Gasteiger partial charge on any atom is 0.129 e. The van der Waals surface area contributed by atoms with Crippen LogP contribution >= 0.6 is 11.6 Å². The van der Waals surface area contributed by atoms with Crippen LogP contribution in [-0.2, 0) is 12.6 Å². The van der Waals surface area contributed by atoms with Crippen LogP contribution in [0.3, 0.4) is 0 Å². The van der Waals surface area contributed by atoms with Crippen molar-refractivity contribution < 1.29 is 5.11 Å². The second-order valence-corrected chi connectivity index (χ2v) is 5.58. The van der Waals surface area contributed by atoms with Crippen LogP contribution in [0.4, 0.5) is 0 Å². The maximum absolute atomic E-state index is 10.5. The molecule has 108 valence electrons. The number of halogens is 1. The lowest BCUT2D eigenvalue weighted by molar-refractivity contribution is 0.0543. The van der Waals surface area contributed by atoms with Crippen molar-refractivity contribution in [3.05, 3.63) is 47.0 Å². The van der Waals surface area contributed by atoms with Gasteiger partial charge in [-0.25, -0.2) is 4.98 Å². The number of nitrogens with one attached hydrogen (secondary N) is 1. The SMILES string of the molecule is C[C@H](NC[C@@](C)(O)c1cnn(C)c1)c1ccc(Cl)nc1. The third kappa shape index (κ3) is 3.56. The Bertz CT molecular complexity index is 565. The Labute approximate surface area is 123 Å². The summed E-state index contributed by atoms with van der Waals surface area (Å²) in [6, 6.07) is 3.75. The molecule has 5 nitrogen and oxygen atoms in total. The Kier molecular flexibility index (Phi) is 4.42. The van der Waals surface area contributed by atoms with Gasteiger partial charge in [-0.2, -0.15) is 5.10 Å². The van der Waals surface area contributed by atoms with Gasteiger partial charge in [0, 0.05) is 37.6 Å². The summed E-state index contributed by atoms with van der Waals surface area (Å²) in [5, 5.41) is 18.3. The molecular weight excluding hydrogens is 276 g/mol. The van der Waals surface area contributed by atoms with Crippen molar-refractivity contribution in [2.45, 2.75) is 25.5 Å². The number of hydrogen-bond donors (Lipinski definition) is 2. The summed E-state index contributed by atoms with van der Waals surface area (Å²) >= 11 is 5.77. The molecule has 0 saturated heterocycles. The predicted octanol–water partition coefficient (Wildman–Crippen LogP) is 2.03. The van der Waals surface area contributed by atoms with Crippen LogP contribution in [-0.4, -0.2) is 26.4 Å². The predicted molar refractivity (Wildman–Crippen MR) is 78.4 cm³/mol. The van der Waals surface area contributed by atoms with Gasteiger partial charge >= 0.3 is 0 Å². The third-order valence-corrected chi connectivity index (χ3v) is 3.55. The van der Waals surface area contributed by atoms with Crippen molar-refractivity contribution in [1.82, 2.24) is 20.1 Å². The lowest BCUT2D eigenvalue weighted by Crippen LogP contribution is -2.36. The molecule has 0 fully saturated rings. The first kappa shape index (κ1) is 15.0. The molecular formula is C14H19ClN4O. The number of aliphatic hydroxyl groups is 1. The molecule has 0 aromatic carbocycles. The average Bonchev–Trinajstić information content (AvgIpc) is 2.84. The first-order chi connectivity index (χ1) is 9.38. The molecule has 2 aromatic heterocycles. The van der Waals surface area contributed by atoms with Crippen molar-refractivity contribution in [2.75, 3.05) is 6.54 Å². The summed E-state index contributed by atoms with van der Waals surface area (Å²) in [4.78, 5) is 4.06. The highest BCUT2D eigenvalue weighted by molar-refractivity contribution is 6.29. The van der Waals surface area contributed by atoms with E-state index in [9.17, 15) is 5.11 Å². The molecule has 2 aromatic rings. The molecule has 0 unspecified atom stereocenters. The minimum atomic E-state index is -0.970. The summed E-state index contributed by atoms with van der Waals surface area (Å²) in [7, 11) is 1.83. The van der Waals surface area contributed by atoms with E-state index in [2.05, 4.69) is 15.4 Å². The van der Waals surface area contributed by atoms with E-state index in [0.29, 0.717) is 11.7 Å². The van der Waals surface area contributed by atoms with Crippen molar-refractivity contribution in [3.63, 3.8) is 0 Å². The molecule has 0 aliphatic carbocycles. The summed E-state index contributed by atoms with van der Waals surface area (Å²) < 4.78 is 1.68. The zero-order chi connectivity index (χ0) is 14.8. The van der Waals surface area contributed by atoms with Gasteiger partial charge in [-0.3, -0.25) is 4.68 Å². The number of pyridine rings is 1. The van der Waals surface area contributed by atoms with E-state index >= 15 is 0 Å². The van der Waals surface area contributed by atoms with Gasteiger partial charge in [0.1, 0.15) is 10.8 Å². The molecule has 6 heteroatoms. The van der Waals surface area contributed by atoms with E-state index in [1.807, 2.05) is 26.2 Å². The van der Waals surface area contributed by atoms with Crippen molar-refractivity contribution >= 4 is 11.6 Å². The molecule has 0 aliphatic heterocycles. The van der Waals surface area contributed by atoms with Gasteiger partial charge < -0.3 is 10.4 Å². The van der Waals surface area contributed by atoms with E-state index in [0.717, 1.165) is 11.1 Å². The molecule has 0 saturated carbocycles. The average molecular weight is 295 g/mol. The van der Waals surface area contributed by atoms with E-state index in [-0.39, 0.29) is 6.04 Å². The minimum Gasteiger partial charge on any atom is -0.384 e. The molecule has 2 rings (SSSR count). The lowest BCUT2D eigenvalue weighted by atomic mass is 9.99. The molecule has 20 heavy (non-hydrogen) atoms. The molecule has 0 aliphatic rings. The molecule has 2 N–H and O–H groups in total. The van der Waals surface area contributed by atoms with Gasteiger partial charge in [-0.05, 0) is 25.5 Å². The zero-order valence-corrected chi connectivity index (χ0v) is 12.6. The van der Waals surface area contributed by atoms with Crippen LogP contribution < -0.4 is 5.32 Å². The highest BCUT2D eigenvalue weighted by Gasteiger charge is 2.25. The molecule has 0 radical (unpaired) electrons. The minimum absolute atomic E-state index is 0.0721. The highest BCUT2D eigenvalue weighted by atomic mass is 35.5. The number of aromatic nitrogens is 3. The van der Waals surface area contributed by atoms with Crippen molar-refractivity contribution in [2.24, 2.45) is 7.05 Å². The van der Waals surface area contributed by atoms with Gasteiger partial charge in [0.2, 0.25) is 0 Å². The topological polar surface area (TPSA) is 63.0 Å². The van der Waals surface area contributed by atoms with Gasteiger partial charge in [0.25, 0.3) is 0 Å². The molecule has 0 amide bonds. The third-order valence-electron chi connectivity index (χ3n) is 3.33. The van der Waals surface area contributed by atoms with Gasteiger partial charge in [-0.1, -0.05) is 17.7 Å². The number of aryl methyl sites for hydroxylation is 1. The van der Waals surface area contributed by atoms with Gasteiger partial charge in [0.05, 0.1) is 6.20 Å². The number of rotatable bonds is 5. The van der Waals surface area contributed by atoms with Crippen molar-refractivity contribution in [3.8, 4) is 0 Å². The van der Waals surface area contributed by atoms with E-state index in [1.54, 1.807) is 30.1 Å². The summed E-state index contributed by atoms with van der Waals surface area (Å²) in [5.74, 6) is 0. The molecule has 0 spiro atoms. The molecule has 2 atom stereocenters. The van der Waals surface area contributed by atoms with Crippen LogP contribution in [0.25, 0.3) is 0 Å². The summed E-state index contributed by atoms with van der Waals surface area (Å²) in [6.07, 6.45) is 5.23. The fourth-order valence-electron chi connectivity index (χ4n) is 1.91. The Morgan fingerprint density at radius 2 is 2.20 bits per heavy atom. The Morgan fingerprint density at radius 3 is 2.75 bits per heavy atom. The number of nitrogens with zero attached hydrogens (tertiary/aromatic N) is 3. The first-order valence-corrected chi connectivity index (χ1v) is 6.82. The van der Waals surface area contributed by atoms with Crippen LogP contribution in [0, 0.1) is 0 Å².